The molecule has 0 aliphatic rings. The van der Waals surface area contributed by atoms with Gasteiger partial charge in [-0.1, -0.05) is 6.07 Å². The van der Waals surface area contributed by atoms with E-state index >= 15 is 0 Å². The van der Waals surface area contributed by atoms with Gasteiger partial charge in [0.1, 0.15) is 11.8 Å². The van der Waals surface area contributed by atoms with E-state index < -0.39 is 28.7 Å². The van der Waals surface area contributed by atoms with Crippen molar-refractivity contribution in [3.63, 3.8) is 0 Å². The normalized spacial score (nSPS) is 11.4. The van der Waals surface area contributed by atoms with Gasteiger partial charge in [0.25, 0.3) is 5.91 Å². The van der Waals surface area contributed by atoms with E-state index in [1.54, 1.807) is 6.07 Å². The quantitative estimate of drug-likeness (QED) is 0.757. The first-order valence-electron chi connectivity index (χ1n) is 7.60. The Bertz CT molecular complexity index is 1030. The first-order valence-corrected chi connectivity index (χ1v) is 9.49. The Labute approximate surface area is 158 Å². The van der Waals surface area contributed by atoms with Crippen molar-refractivity contribution in [2.75, 3.05) is 22.9 Å². The van der Waals surface area contributed by atoms with Gasteiger partial charge in [0.2, 0.25) is 10.0 Å². The molecule has 0 heterocycles. The van der Waals surface area contributed by atoms with Crippen molar-refractivity contribution >= 4 is 27.3 Å². The topological polar surface area (TPSA) is 108 Å². The van der Waals surface area contributed by atoms with Crippen LogP contribution in [0.5, 0.6) is 5.75 Å². The summed E-state index contributed by atoms with van der Waals surface area (Å²) in [5.41, 5.74) is 0.283. The number of anilines is 2. The molecule has 148 valence electrons. The minimum absolute atomic E-state index is 0.129. The maximum absolute atomic E-state index is 12.3. The van der Waals surface area contributed by atoms with E-state index in [1.165, 1.54) is 36.4 Å². The number of nitrogens with zero attached hydrogens (tertiary/aromatic N) is 1. The van der Waals surface area contributed by atoms with Crippen LogP contribution in [0.2, 0.25) is 0 Å². The summed E-state index contributed by atoms with van der Waals surface area (Å²) in [6, 6.07) is 11.0. The molecule has 2 N–H and O–H groups in total. The number of carbonyl (C=O) groups is 1. The number of halogens is 3. The van der Waals surface area contributed by atoms with Crippen LogP contribution < -0.4 is 14.8 Å². The molecule has 7 nitrogen and oxygen atoms in total. The van der Waals surface area contributed by atoms with Gasteiger partial charge in [-0.05, 0) is 36.4 Å². The van der Waals surface area contributed by atoms with Gasteiger partial charge in [-0.15, -0.1) is 0 Å². The van der Waals surface area contributed by atoms with Crippen molar-refractivity contribution in [1.82, 2.24) is 0 Å². The largest absolute Gasteiger partial charge is 0.483 e. The third-order valence-corrected chi connectivity index (χ3v) is 3.78. The number of hydrogen-bond donors (Lipinski definition) is 2. The molecule has 0 spiro atoms. The first-order chi connectivity index (χ1) is 13.0. The molecule has 0 atom stereocenters. The summed E-state index contributed by atoms with van der Waals surface area (Å²) in [6.45, 7) is -1.55. The predicted octanol–water partition coefficient (Wildman–Crippen LogP) is 3.12. The molecule has 0 aliphatic carbocycles. The lowest BCUT2D eigenvalue weighted by atomic mass is 10.1. The molecular weight excluding hydrogens is 399 g/mol. The minimum atomic E-state index is -4.55. The number of nitrogens with one attached hydrogen (secondary N) is 2. The zero-order chi connectivity index (χ0) is 20.9. The summed E-state index contributed by atoms with van der Waals surface area (Å²) in [5, 5.41) is 11.6. The van der Waals surface area contributed by atoms with E-state index in [0.29, 0.717) is 0 Å². The maximum atomic E-state index is 12.3. The van der Waals surface area contributed by atoms with Crippen molar-refractivity contribution < 1.29 is 31.1 Å². The second-order valence-electron chi connectivity index (χ2n) is 5.64. The highest BCUT2D eigenvalue weighted by Crippen LogP contribution is 2.25. The van der Waals surface area contributed by atoms with Crippen LogP contribution in [-0.2, 0) is 10.0 Å². The van der Waals surface area contributed by atoms with Gasteiger partial charge in [-0.25, -0.2) is 8.42 Å². The number of sulfonamides is 1. The van der Waals surface area contributed by atoms with E-state index in [1.807, 2.05) is 0 Å². The van der Waals surface area contributed by atoms with E-state index in [0.717, 1.165) is 12.3 Å². The highest BCUT2D eigenvalue weighted by atomic mass is 32.2. The van der Waals surface area contributed by atoms with Crippen molar-refractivity contribution in [2.45, 2.75) is 6.18 Å². The SMILES string of the molecule is CS(=O)(=O)Nc1cccc(C(=O)Nc2ccc(OCC(F)(F)F)c(C#N)c2)c1. The number of alkyl halides is 3. The van der Waals surface area contributed by atoms with Crippen LogP contribution in [0.1, 0.15) is 15.9 Å². The first kappa shape index (κ1) is 21.0. The molecule has 0 aromatic heterocycles. The monoisotopic (exact) mass is 413 g/mol. The lowest BCUT2D eigenvalue weighted by Gasteiger charge is -2.12. The van der Waals surface area contributed by atoms with Gasteiger partial charge < -0.3 is 10.1 Å². The average molecular weight is 413 g/mol. The number of benzene rings is 2. The second-order valence-corrected chi connectivity index (χ2v) is 7.38. The number of hydrogen-bond acceptors (Lipinski definition) is 5. The molecule has 0 saturated heterocycles. The Kier molecular flexibility index (Phi) is 6.15. The van der Waals surface area contributed by atoms with Crippen LogP contribution in [0.3, 0.4) is 0 Å². The lowest BCUT2D eigenvalue weighted by molar-refractivity contribution is -0.153. The molecule has 0 bridgehead atoms. The van der Waals surface area contributed by atoms with E-state index in [-0.39, 0.29) is 28.3 Å². The molecule has 28 heavy (non-hydrogen) atoms. The van der Waals surface area contributed by atoms with Gasteiger partial charge in [-0.2, -0.15) is 18.4 Å². The molecule has 0 unspecified atom stereocenters. The minimum Gasteiger partial charge on any atom is -0.483 e. The fraction of sp³-hybridized carbons (Fsp3) is 0.176. The van der Waals surface area contributed by atoms with Crippen molar-refractivity contribution in [3.8, 4) is 11.8 Å². The van der Waals surface area contributed by atoms with Crippen LogP contribution in [0, 0.1) is 11.3 Å². The molecular formula is C17H14F3N3O4S. The summed E-state index contributed by atoms with van der Waals surface area (Å²) < 4.78 is 66.1. The summed E-state index contributed by atoms with van der Waals surface area (Å²) in [5.74, 6) is -0.873. The Morgan fingerprint density at radius 1 is 1.18 bits per heavy atom. The van der Waals surface area contributed by atoms with Crippen LogP contribution in [-0.4, -0.2) is 33.4 Å². The highest BCUT2D eigenvalue weighted by molar-refractivity contribution is 7.92. The third kappa shape index (κ3) is 6.48. The second kappa shape index (κ2) is 8.18. The molecule has 1 amide bonds. The van der Waals surface area contributed by atoms with Gasteiger partial charge in [0.05, 0.1) is 11.8 Å². The smallest absolute Gasteiger partial charge is 0.422 e. The zero-order valence-electron chi connectivity index (χ0n) is 14.4. The van der Waals surface area contributed by atoms with Gasteiger partial charge in [0, 0.05) is 16.9 Å². The molecule has 0 fully saturated rings. The molecule has 2 aromatic rings. The Morgan fingerprint density at radius 3 is 2.50 bits per heavy atom. The number of amides is 1. The molecule has 0 aliphatic heterocycles. The van der Waals surface area contributed by atoms with Crippen LogP contribution >= 0.6 is 0 Å². The molecule has 0 saturated carbocycles. The number of rotatable bonds is 6. The van der Waals surface area contributed by atoms with Crippen LogP contribution in [0.25, 0.3) is 0 Å². The fourth-order valence-corrected chi connectivity index (χ4v) is 2.68. The molecule has 2 aromatic carbocycles. The van der Waals surface area contributed by atoms with Gasteiger partial charge in [0.15, 0.2) is 6.61 Å². The molecule has 11 heteroatoms. The van der Waals surface area contributed by atoms with E-state index in [2.05, 4.69) is 14.8 Å². The lowest BCUT2D eigenvalue weighted by Crippen LogP contribution is -2.19. The maximum Gasteiger partial charge on any atom is 0.422 e. The highest BCUT2D eigenvalue weighted by Gasteiger charge is 2.28. The van der Waals surface area contributed by atoms with Gasteiger partial charge >= 0.3 is 6.18 Å². The number of ether oxygens (including phenoxy) is 1. The average Bonchev–Trinajstić information content (AvgIpc) is 2.58. The zero-order valence-corrected chi connectivity index (χ0v) is 15.2. The summed E-state index contributed by atoms with van der Waals surface area (Å²) in [7, 11) is -3.52. The van der Waals surface area contributed by atoms with Gasteiger partial charge in [-0.3, -0.25) is 9.52 Å². The third-order valence-electron chi connectivity index (χ3n) is 3.18. The Balaban J connectivity index is 2.16. The Morgan fingerprint density at radius 2 is 1.89 bits per heavy atom. The molecule has 0 radical (unpaired) electrons. The summed E-state index contributed by atoms with van der Waals surface area (Å²) in [4.78, 5) is 12.3. The summed E-state index contributed by atoms with van der Waals surface area (Å²) >= 11 is 0. The predicted molar refractivity (Wildman–Crippen MR) is 95.6 cm³/mol. The number of nitriles is 1. The van der Waals surface area contributed by atoms with Crippen LogP contribution in [0.4, 0.5) is 24.5 Å². The van der Waals surface area contributed by atoms with E-state index in [9.17, 15) is 26.4 Å². The summed E-state index contributed by atoms with van der Waals surface area (Å²) in [6.07, 6.45) is -3.59. The fourth-order valence-electron chi connectivity index (χ4n) is 2.12. The Hall–Kier alpha value is -3.26. The molecule has 2 rings (SSSR count). The number of carbonyl (C=O) groups excluding carboxylic acids is 1. The van der Waals surface area contributed by atoms with Crippen LogP contribution in [0.15, 0.2) is 42.5 Å². The van der Waals surface area contributed by atoms with Crippen molar-refractivity contribution in [3.05, 3.63) is 53.6 Å². The van der Waals surface area contributed by atoms with E-state index in [4.69, 9.17) is 5.26 Å². The van der Waals surface area contributed by atoms with Crippen molar-refractivity contribution in [2.24, 2.45) is 0 Å². The standard InChI is InChI=1S/C17H14F3N3O4S/c1-28(25,26)23-14-4-2-3-11(7-14)16(24)22-13-5-6-15(12(8-13)9-21)27-10-17(18,19)20/h2-8,23H,10H2,1H3,(H,22,24). The van der Waals surface area contributed by atoms with Crippen molar-refractivity contribution in [1.29, 1.82) is 5.26 Å².